The van der Waals surface area contributed by atoms with Gasteiger partial charge >= 0.3 is 0 Å². The van der Waals surface area contributed by atoms with Gasteiger partial charge in [0.05, 0.1) is 5.41 Å². The number of fused-ring (bicyclic) bond motifs is 3. The van der Waals surface area contributed by atoms with E-state index in [2.05, 4.69) is 182 Å². The van der Waals surface area contributed by atoms with Crippen molar-refractivity contribution in [1.82, 2.24) is 4.57 Å². The average Bonchev–Trinajstić information content (AvgIpc) is 3.47. The van der Waals surface area contributed by atoms with Crippen molar-refractivity contribution in [3.8, 4) is 5.69 Å². The maximum absolute atomic E-state index is 13.9. The molecule has 5 heteroatoms. The summed E-state index contributed by atoms with van der Waals surface area (Å²) in [4.78, 5) is 18.2. The summed E-state index contributed by atoms with van der Waals surface area (Å²) in [6.45, 7) is 24.8. The molecule has 0 unspecified atom stereocenters. The molecule has 1 radical (unpaired) electrons. The summed E-state index contributed by atoms with van der Waals surface area (Å²) in [5, 5.41) is 2.53. The van der Waals surface area contributed by atoms with Crippen molar-refractivity contribution in [1.29, 1.82) is 0 Å². The molecule has 5 aromatic carbocycles. The topological polar surface area (TPSA) is 28.5 Å². The van der Waals surface area contributed by atoms with Gasteiger partial charge in [-0.05, 0) is 83.4 Å². The summed E-state index contributed by atoms with van der Waals surface area (Å²) in [7, 11) is 0. The summed E-state index contributed by atoms with van der Waals surface area (Å²) in [6, 6.07) is 41.7. The first-order valence-corrected chi connectivity index (χ1v) is 19.0. The Morgan fingerprint density at radius 1 is 0.604 bits per heavy atom. The first kappa shape index (κ1) is 40.1. The molecule has 0 spiro atoms. The van der Waals surface area contributed by atoms with Gasteiger partial charge in [-0.15, -0.1) is 12.1 Å². The van der Waals surface area contributed by atoms with Gasteiger partial charge in [-0.1, -0.05) is 134 Å². The fourth-order valence-corrected chi connectivity index (χ4v) is 7.67. The molecule has 1 saturated heterocycles. The molecule has 7 rings (SSSR count). The van der Waals surface area contributed by atoms with E-state index < -0.39 is 5.41 Å². The van der Waals surface area contributed by atoms with Crippen LogP contribution >= 0.6 is 0 Å². The van der Waals surface area contributed by atoms with Crippen LogP contribution in [0.3, 0.4) is 0 Å². The van der Waals surface area contributed by atoms with Gasteiger partial charge in [0.1, 0.15) is 0 Å². The molecule has 0 N–H and O–H groups in total. The minimum absolute atomic E-state index is 0. The van der Waals surface area contributed by atoms with Gasteiger partial charge in [0, 0.05) is 51.5 Å². The number of anilines is 2. The monoisotopic (exact) mass is 886 g/mol. The molecule has 1 amide bonds. The summed E-state index contributed by atoms with van der Waals surface area (Å²) in [6.07, 6.45) is 0. The minimum Gasteiger partial charge on any atom is -0.502 e. The van der Waals surface area contributed by atoms with Gasteiger partial charge in [0.25, 0.3) is 0 Å². The molecule has 1 fully saturated rings. The molecule has 0 saturated carbocycles. The molecule has 6 aromatic rings. The molecule has 2 heterocycles. The smallest absolute Gasteiger partial charge is 0.206 e. The summed E-state index contributed by atoms with van der Waals surface area (Å²) in [5.74, 6) is 1.62. The van der Waals surface area contributed by atoms with Gasteiger partial charge in [0.2, 0.25) is 5.91 Å². The number of hydrogen-bond acceptors (Lipinski definition) is 2. The Morgan fingerprint density at radius 2 is 1.09 bits per heavy atom. The van der Waals surface area contributed by atoms with Crippen LogP contribution in [-0.4, -0.2) is 17.0 Å². The third-order valence-electron chi connectivity index (χ3n) is 10.3. The Morgan fingerprint density at radius 3 is 1.64 bits per heavy atom. The van der Waals surface area contributed by atoms with E-state index in [-0.39, 0.29) is 28.3 Å². The molecule has 53 heavy (non-hydrogen) atoms. The zero-order chi connectivity index (χ0) is 37.3. The van der Waals surface area contributed by atoms with Crippen molar-refractivity contribution in [2.24, 2.45) is 5.41 Å². The van der Waals surface area contributed by atoms with Crippen LogP contribution in [0.4, 0.5) is 11.4 Å². The van der Waals surface area contributed by atoms with Crippen LogP contribution in [-0.2, 0) is 27.2 Å². The predicted molar refractivity (Wildman–Crippen MR) is 222 cm³/mol. The Labute approximate surface area is 333 Å². The Hall–Kier alpha value is -4.09. The van der Waals surface area contributed by atoms with Crippen molar-refractivity contribution >= 4 is 39.1 Å². The van der Waals surface area contributed by atoms with E-state index in [1.54, 1.807) is 0 Å². The number of rotatable bonds is 7. The average molecular weight is 887 g/mol. The maximum atomic E-state index is 13.9. The molecule has 1 aliphatic rings. The van der Waals surface area contributed by atoms with E-state index in [0.29, 0.717) is 30.2 Å². The van der Waals surface area contributed by atoms with Crippen LogP contribution in [0.2, 0.25) is 0 Å². The maximum Gasteiger partial charge on any atom is 0.206 e. The second-order valence-electron chi connectivity index (χ2n) is 16.1. The normalized spacial score (nSPS) is 14.3. The number of para-hydroxylation sites is 5. The first-order valence-electron chi connectivity index (χ1n) is 19.0. The SMILES string of the molecule is CC(C)c1cccc(C(C)C)c1N1[CH-]N(c2c(C(C)C)cccc2C(C)C)C(=O)C(C)(C)C1.[Au].[c-]1cccc2c3ccccc3n(-c3ccccc3)c12. The fourth-order valence-electron chi connectivity index (χ4n) is 7.67. The molecule has 0 bridgehead atoms. The summed E-state index contributed by atoms with van der Waals surface area (Å²) >= 11 is 0. The van der Waals surface area contributed by atoms with Crippen LogP contribution in [0.5, 0.6) is 0 Å². The van der Waals surface area contributed by atoms with Crippen LogP contribution in [0.15, 0.2) is 109 Å². The molecule has 0 aliphatic carbocycles. The van der Waals surface area contributed by atoms with E-state index in [0.717, 1.165) is 11.2 Å². The van der Waals surface area contributed by atoms with Gasteiger partial charge in [-0.2, -0.15) is 24.3 Å². The quantitative estimate of drug-likeness (QED) is 0.118. The molecule has 4 nitrogen and oxygen atoms in total. The van der Waals surface area contributed by atoms with E-state index >= 15 is 0 Å². The third-order valence-corrected chi connectivity index (χ3v) is 10.3. The number of carbonyl (C=O) groups excluding carboxylic acids is 1. The number of amides is 1. The molecule has 281 valence electrons. The van der Waals surface area contributed by atoms with Gasteiger partial charge in [-0.25, -0.2) is 0 Å². The number of hydrogen-bond donors (Lipinski definition) is 0. The third kappa shape index (κ3) is 7.92. The fraction of sp³-hybridized carbons (Fsp3) is 0.333. The molecule has 1 aliphatic heterocycles. The number of nitrogens with zero attached hydrogens (tertiary/aromatic N) is 3. The van der Waals surface area contributed by atoms with Gasteiger partial charge in [0.15, 0.2) is 0 Å². The number of benzene rings is 5. The van der Waals surface area contributed by atoms with Crippen LogP contribution in [0, 0.1) is 18.2 Å². The largest absolute Gasteiger partial charge is 0.502 e. The predicted octanol–water partition coefficient (Wildman–Crippen LogP) is 12.8. The minimum atomic E-state index is -0.509. The molecule has 1 aromatic heterocycles. The van der Waals surface area contributed by atoms with E-state index in [1.165, 1.54) is 49.9 Å². The Bertz CT molecular complexity index is 2070. The van der Waals surface area contributed by atoms with Crippen molar-refractivity contribution in [3.63, 3.8) is 0 Å². The van der Waals surface area contributed by atoms with Gasteiger partial charge in [-0.3, -0.25) is 4.79 Å². The van der Waals surface area contributed by atoms with Crippen LogP contribution in [0.25, 0.3) is 27.5 Å². The summed E-state index contributed by atoms with van der Waals surface area (Å²) < 4.78 is 2.27. The Balaban J connectivity index is 0.000000228. The molecular formula is C48H55AuN3O-2. The molecular weight excluding hydrogens is 832 g/mol. The number of aromatic nitrogens is 1. The van der Waals surface area contributed by atoms with Crippen molar-refractivity contribution in [2.45, 2.75) is 92.9 Å². The van der Waals surface area contributed by atoms with Crippen molar-refractivity contribution in [2.75, 3.05) is 16.3 Å². The van der Waals surface area contributed by atoms with Gasteiger partial charge < -0.3 is 14.4 Å². The first-order chi connectivity index (χ1) is 24.8. The Kier molecular flexibility index (Phi) is 12.5. The van der Waals surface area contributed by atoms with E-state index in [4.69, 9.17) is 0 Å². The van der Waals surface area contributed by atoms with E-state index in [9.17, 15) is 4.79 Å². The standard InChI is InChI=1S/C30H43N2O.C18H12N.Au/c1-19(2)23-13-11-14-24(20(3)4)27(23)31-17-30(9,10)29(33)32(18-31)28-25(21(5)6)15-12-16-26(28)22(7)8;1-2-8-14(9-3-1)19-17-12-6-4-10-15(17)16-11-5-7-13-18(16)19;/h11-16,18-22H,17H2,1-10H3;1-12H;/q2*-1;. The van der Waals surface area contributed by atoms with Crippen molar-refractivity contribution in [3.05, 3.63) is 144 Å². The summed E-state index contributed by atoms with van der Waals surface area (Å²) in [5.41, 5.74) is 10.5. The zero-order valence-electron chi connectivity index (χ0n) is 33.0. The number of carbonyl (C=O) groups is 1. The zero-order valence-corrected chi connectivity index (χ0v) is 35.2. The molecule has 0 atom stereocenters. The van der Waals surface area contributed by atoms with Crippen LogP contribution < -0.4 is 9.80 Å². The second kappa shape index (κ2) is 16.5. The second-order valence-corrected chi connectivity index (χ2v) is 16.1. The van der Waals surface area contributed by atoms with Crippen molar-refractivity contribution < 1.29 is 27.2 Å². The van der Waals surface area contributed by atoms with Crippen LogP contribution in [0.1, 0.15) is 115 Å². The van der Waals surface area contributed by atoms with E-state index in [1.807, 2.05) is 23.1 Å².